The number of piperidine rings is 1. The minimum atomic E-state index is -0.335. The third-order valence-corrected chi connectivity index (χ3v) is 6.24. The van der Waals surface area contributed by atoms with Crippen LogP contribution in [-0.2, 0) is 4.79 Å². The van der Waals surface area contributed by atoms with Gasteiger partial charge in [-0.1, -0.05) is 25.1 Å². The van der Waals surface area contributed by atoms with E-state index in [1.54, 1.807) is 24.2 Å². The zero-order valence-electron chi connectivity index (χ0n) is 19.6. The van der Waals surface area contributed by atoms with Crippen LogP contribution in [0, 0.1) is 0 Å². The molecule has 0 aliphatic carbocycles. The zero-order chi connectivity index (χ0) is 23.9. The van der Waals surface area contributed by atoms with Gasteiger partial charge in [-0.2, -0.15) is 5.10 Å². The fourth-order valence-electron chi connectivity index (χ4n) is 4.34. The molecule has 180 valence electrons. The lowest BCUT2D eigenvalue weighted by Gasteiger charge is -2.33. The van der Waals surface area contributed by atoms with Gasteiger partial charge in [-0.15, -0.1) is 0 Å². The molecule has 1 aliphatic heterocycles. The predicted molar refractivity (Wildman–Crippen MR) is 128 cm³/mol. The summed E-state index contributed by atoms with van der Waals surface area (Å²) < 4.78 is 6.86. The van der Waals surface area contributed by atoms with Gasteiger partial charge in [0.25, 0.3) is 5.91 Å². The van der Waals surface area contributed by atoms with E-state index in [4.69, 9.17) is 4.74 Å². The van der Waals surface area contributed by atoms with Crippen molar-refractivity contribution in [2.24, 2.45) is 0 Å². The van der Waals surface area contributed by atoms with Crippen molar-refractivity contribution in [2.75, 3.05) is 33.3 Å². The van der Waals surface area contributed by atoms with Gasteiger partial charge in [0.15, 0.2) is 0 Å². The molecular weight excluding hydrogens is 434 g/mol. The molecule has 0 radical (unpaired) electrons. The maximum absolute atomic E-state index is 12.9. The second kappa shape index (κ2) is 11.1. The van der Waals surface area contributed by atoms with Gasteiger partial charge in [-0.3, -0.25) is 9.59 Å². The fraction of sp³-hybridized carbons (Fsp3) is 0.458. The van der Waals surface area contributed by atoms with E-state index in [1.807, 2.05) is 31.2 Å². The molecular formula is C24H31N7O3. The number of carbonyl (C=O) groups excluding carboxylic acids is 2. The summed E-state index contributed by atoms with van der Waals surface area (Å²) in [4.78, 5) is 36.2. The van der Waals surface area contributed by atoms with Crippen molar-refractivity contribution >= 4 is 22.7 Å². The number of aromatic nitrogens is 4. The number of pyridine rings is 1. The molecule has 0 bridgehead atoms. The molecule has 34 heavy (non-hydrogen) atoms. The minimum Gasteiger partial charge on any atom is -0.481 e. The Morgan fingerprint density at radius 2 is 2.03 bits per heavy atom. The van der Waals surface area contributed by atoms with Crippen LogP contribution < -0.4 is 15.4 Å². The van der Waals surface area contributed by atoms with Crippen molar-refractivity contribution in [3.05, 3.63) is 48.5 Å². The molecule has 3 heterocycles. The largest absolute Gasteiger partial charge is 0.481 e. The number of ether oxygens (including phenoxy) is 1. The second-order valence-electron chi connectivity index (χ2n) is 8.41. The molecule has 2 aromatic heterocycles. The minimum absolute atomic E-state index is 0.0151. The quantitative estimate of drug-likeness (QED) is 0.495. The van der Waals surface area contributed by atoms with E-state index in [1.165, 1.54) is 6.33 Å². The topological polar surface area (TPSA) is 114 Å². The van der Waals surface area contributed by atoms with Crippen molar-refractivity contribution in [2.45, 2.75) is 38.3 Å². The molecule has 10 heteroatoms. The van der Waals surface area contributed by atoms with Crippen LogP contribution in [0.2, 0.25) is 0 Å². The number of benzene rings is 1. The van der Waals surface area contributed by atoms with Gasteiger partial charge < -0.3 is 20.3 Å². The van der Waals surface area contributed by atoms with Crippen molar-refractivity contribution in [3.63, 3.8) is 0 Å². The number of hydrogen-bond acceptors (Lipinski definition) is 7. The zero-order valence-corrected chi connectivity index (χ0v) is 19.6. The van der Waals surface area contributed by atoms with E-state index < -0.39 is 0 Å². The molecule has 0 spiro atoms. The highest BCUT2D eigenvalue weighted by Gasteiger charge is 2.25. The molecule has 1 unspecified atom stereocenters. The first-order valence-electron chi connectivity index (χ1n) is 11.7. The normalized spacial score (nSPS) is 15.7. The number of carbonyl (C=O) groups is 2. The lowest BCUT2D eigenvalue weighted by molar-refractivity contribution is -0.125. The first kappa shape index (κ1) is 23.6. The Bertz CT molecular complexity index is 1110. The number of nitrogens with one attached hydrogen (secondary N) is 2. The Kier molecular flexibility index (Phi) is 7.69. The molecule has 10 nitrogen and oxygen atoms in total. The summed E-state index contributed by atoms with van der Waals surface area (Å²) in [5.41, 5.74) is 1.28. The lowest BCUT2D eigenvalue weighted by atomic mass is 10.0. The third-order valence-electron chi connectivity index (χ3n) is 6.24. The van der Waals surface area contributed by atoms with Gasteiger partial charge in [0.1, 0.15) is 18.7 Å². The third kappa shape index (κ3) is 5.51. The molecule has 4 rings (SSSR count). The molecule has 1 atom stereocenters. The summed E-state index contributed by atoms with van der Waals surface area (Å²) in [6.45, 7) is 5.00. The summed E-state index contributed by atoms with van der Waals surface area (Å²) in [7, 11) is 1.54. The highest BCUT2D eigenvalue weighted by Crippen LogP contribution is 2.22. The SMILES string of the molecule is CCC(C(=O)NC1CCN(CCNC(=O)c2cc(OC)nc3ccccc23)CC1)n1cncn1. The Labute approximate surface area is 198 Å². The molecule has 0 saturated carbocycles. The highest BCUT2D eigenvalue weighted by molar-refractivity contribution is 6.06. The van der Waals surface area contributed by atoms with E-state index in [2.05, 4.69) is 30.6 Å². The monoisotopic (exact) mass is 465 g/mol. The average Bonchev–Trinajstić information content (AvgIpc) is 3.39. The number of nitrogens with zero attached hydrogens (tertiary/aromatic N) is 5. The summed E-state index contributed by atoms with van der Waals surface area (Å²) in [5, 5.41) is 11.1. The van der Waals surface area contributed by atoms with Crippen LogP contribution in [0.15, 0.2) is 43.0 Å². The summed E-state index contributed by atoms with van der Waals surface area (Å²) in [6.07, 6.45) is 5.43. The van der Waals surface area contributed by atoms with Crippen LogP contribution in [0.5, 0.6) is 5.88 Å². The number of methoxy groups -OCH3 is 1. The molecule has 1 saturated heterocycles. The summed E-state index contributed by atoms with van der Waals surface area (Å²) in [5.74, 6) is 0.263. The van der Waals surface area contributed by atoms with E-state index in [-0.39, 0.29) is 23.9 Å². The van der Waals surface area contributed by atoms with Gasteiger partial charge in [-0.05, 0) is 25.3 Å². The van der Waals surface area contributed by atoms with Crippen molar-refractivity contribution in [1.82, 2.24) is 35.3 Å². The number of amides is 2. The van der Waals surface area contributed by atoms with Gasteiger partial charge in [-0.25, -0.2) is 14.6 Å². The standard InChI is InChI=1S/C24H31N7O3/c1-3-21(31-16-25-15-27-31)24(33)28-17-8-11-30(12-9-17)13-10-26-23(32)19-14-22(34-2)29-20-7-5-4-6-18(19)20/h4-7,14-17,21H,3,8-13H2,1-2H3,(H,26,32)(H,28,33). The number of likely N-dealkylation sites (tertiary alicyclic amines) is 1. The molecule has 1 fully saturated rings. The van der Waals surface area contributed by atoms with Crippen LogP contribution in [0.3, 0.4) is 0 Å². The first-order valence-corrected chi connectivity index (χ1v) is 11.7. The van der Waals surface area contributed by atoms with Gasteiger partial charge in [0.05, 0.1) is 18.2 Å². The molecule has 2 amide bonds. The van der Waals surface area contributed by atoms with Gasteiger partial charge >= 0.3 is 0 Å². The Morgan fingerprint density at radius 3 is 2.74 bits per heavy atom. The van der Waals surface area contributed by atoms with E-state index >= 15 is 0 Å². The van der Waals surface area contributed by atoms with Crippen LogP contribution >= 0.6 is 0 Å². The van der Waals surface area contributed by atoms with Crippen molar-refractivity contribution in [1.29, 1.82) is 0 Å². The van der Waals surface area contributed by atoms with Crippen LogP contribution in [-0.4, -0.2) is 75.8 Å². The fourth-order valence-corrected chi connectivity index (χ4v) is 4.34. The Hall–Kier alpha value is -3.53. The second-order valence-corrected chi connectivity index (χ2v) is 8.41. The van der Waals surface area contributed by atoms with Crippen molar-refractivity contribution in [3.8, 4) is 5.88 Å². The Balaban J connectivity index is 1.24. The van der Waals surface area contributed by atoms with E-state index in [0.29, 0.717) is 24.4 Å². The van der Waals surface area contributed by atoms with Crippen LogP contribution in [0.25, 0.3) is 10.9 Å². The van der Waals surface area contributed by atoms with Crippen molar-refractivity contribution < 1.29 is 14.3 Å². The lowest BCUT2D eigenvalue weighted by Crippen LogP contribution is -2.48. The first-order chi connectivity index (χ1) is 16.6. The molecule has 3 aromatic rings. The molecule has 1 aromatic carbocycles. The highest BCUT2D eigenvalue weighted by atomic mass is 16.5. The number of hydrogen-bond donors (Lipinski definition) is 2. The Morgan fingerprint density at radius 1 is 1.24 bits per heavy atom. The summed E-state index contributed by atoms with van der Waals surface area (Å²) >= 11 is 0. The molecule has 1 aliphatic rings. The summed E-state index contributed by atoms with van der Waals surface area (Å²) in [6, 6.07) is 9.03. The predicted octanol–water partition coefficient (Wildman–Crippen LogP) is 1.80. The maximum Gasteiger partial charge on any atom is 0.252 e. The van der Waals surface area contributed by atoms with Crippen LogP contribution in [0.1, 0.15) is 42.6 Å². The number of rotatable bonds is 9. The number of fused-ring (bicyclic) bond motifs is 1. The van der Waals surface area contributed by atoms with E-state index in [0.717, 1.165) is 43.4 Å². The smallest absolute Gasteiger partial charge is 0.252 e. The van der Waals surface area contributed by atoms with Gasteiger partial charge in [0, 0.05) is 43.7 Å². The van der Waals surface area contributed by atoms with Crippen LogP contribution in [0.4, 0.5) is 0 Å². The maximum atomic E-state index is 12.9. The van der Waals surface area contributed by atoms with E-state index in [9.17, 15) is 9.59 Å². The molecule has 2 N–H and O–H groups in total. The average molecular weight is 466 g/mol. The van der Waals surface area contributed by atoms with Gasteiger partial charge in [0.2, 0.25) is 11.8 Å². The number of para-hydroxylation sites is 1.